The van der Waals surface area contributed by atoms with Crippen LogP contribution in [-0.2, 0) is 31.6 Å². The van der Waals surface area contributed by atoms with E-state index >= 15 is 0 Å². The number of aliphatic hydroxyl groups excluding tert-OH is 2. The van der Waals surface area contributed by atoms with E-state index in [0.717, 1.165) is 4.57 Å². The highest BCUT2D eigenvalue weighted by molar-refractivity contribution is 7.66. The van der Waals surface area contributed by atoms with Crippen LogP contribution in [0.1, 0.15) is 11.8 Å². The monoisotopic (exact) mass is 497 g/mol. The van der Waals surface area contributed by atoms with E-state index in [2.05, 4.69) is 18.1 Å². The number of hydrogen-bond acceptors (Lipinski definition) is 12. The number of aliphatic hydroxyl groups is 2. The van der Waals surface area contributed by atoms with Gasteiger partial charge in [0.2, 0.25) is 0 Å². The molecule has 0 aromatic carbocycles. The van der Waals surface area contributed by atoms with Gasteiger partial charge in [-0.2, -0.15) is 13.6 Å². The third-order valence-electron chi connectivity index (χ3n) is 3.60. The average molecular weight is 497 g/mol. The normalized spacial score (nSPS) is 28.8. The Morgan fingerprint density at radius 2 is 1.73 bits per heavy atom. The summed E-state index contributed by atoms with van der Waals surface area (Å²) in [5.41, 5.74) is 4.91. The van der Waals surface area contributed by atoms with E-state index in [9.17, 15) is 33.6 Å². The summed E-state index contributed by atoms with van der Waals surface area (Å²) in [5.74, 6) is -0.0755. The molecule has 1 aromatic heterocycles. The summed E-state index contributed by atoms with van der Waals surface area (Å²) in [6.07, 6.45) is -5.32. The summed E-state index contributed by atoms with van der Waals surface area (Å²) in [6.45, 7) is 0.484. The number of rotatable bonds is 8. The molecule has 1 aliphatic heterocycles. The van der Waals surface area contributed by atoms with Gasteiger partial charge in [0.05, 0.1) is 6.61 Å². The maximum Gasteiger partial charge on any atom is 0.490 e. The lowest BCUT2D eigenvalue weighted by Crippen LogP contribution is -2.36. The second kappa shape index (κ2) is 8.84. The highest BCUT2D eigenvalue weighted by atomic mass is 31.3. The first-order valence-electron chi connectivity index (χ1n) is 7.66. The molecule has 0 radical (unpaired) electrons. The molecule has 8 N–H and O–H groups in total. The van der Waals surface area contributed by atoms with Gasteiger partial charge in [0, 0.05) is 11.8 Å². The van der Waals surface area contributed by atoms with Crippen LogP contribution in [0.25, 0.3) is 0 Å². The molecule has 1 saturated heterocycles. The van der Waals surface area contributed by atoms with Crippen LogP contribution in [0.4, 0.5) is 5.82 Å². The number of nitrogens with two attached hydrogens (primary N) is 1. The number of anilines is 1. The number of aryl methyl sites for hydroxylation is 1. The Bertz CT molecular complexity index is 992. The largest absolute Gasteiger partial charge is 0.490 e. The molecule has 30 heavy (non-hydrogen) atoms. The number of nitrogen functional groups attached to an aromatic ring is 1. The zero-order chi connectivity index (χ0) is 23.1. The zero-order valence-electron chi connectivity index (χ0n) is 14.9. The van der Waals surface area contributed by atoms with Crippen molar-refractivity contribution in [2.45, 2.75) is 31.5 Å². The van der Waals surface area contributed by atoms with Gasteiger partial charge in [0.25, 0.3) is 0 Å². The predicted octanol–water partition coefficient (Wildman–Crippen LogP) is -1.90. The summed E-state index contributed by atoms with van der Waals surface area (Å²) >= 11 is 0. The Morgan fingerprint density at radius 1 is 1.13 bits per heavy atom. The van der Waals surface area contributed by atoms with Crippen molar-refractivity contribution in [2.75, 3.05) is 12.3 Å². The molecule has 2 rings (SSSR count). The lowest BCUT2D eigenvalue weighted by atomic mass is 10.1. The van der Waals surface area contributed by atoms with Crippen molar-refractivity contribution in [1.82, 2.24) is 9.55 Å². The molecule has 0 amide bonds. The fourth-order valence-electron chi connectivity index (χ4n) is 2.33. The van der Waals surface area contributed by atoms with Gasteiger partial charge in [-0.05, 0) is 6.92 Å². The van der Waals surface area contributed by atoms with Crippen LogP contribution in [0, 0.1) is 6.92 Å². The van der Waals surface area contributed by atoms with Crippen LogP contribution in [0.3, 0.4) is 0 Å². The Morgan fingerprint density at radius 3 is 2.30 bits per heavy atom. The Kier molecular flexibility index (Phi) is 7.44. The van der Waals surface area contributed by atoms with E-state index in [1.165, 1.54) is 13.1 Å². The lowest BCUT2D eigenvalue weighted by molar-refractivity contribution is -0.0542. The zero-order valence-corrected chi connectivity index (χ0v) is 17.5. The lowest BCUT2D eigenvalue weighted by Gasteiger charge is -2.19. The Balaban J connectivity index is 2.09. The fraction of sp³-hybridized carbons (Fsp3) is 0.600. The smallest absolute Gasteiger partial charge is 0.387 e. The van der Waals surface area contributed by atoms with E-state index < -0.39 is 60.3 Å². The number of phosphoric ester groups is 1. The van der Waals surface area contributed by atoms with E-state index in [0.29, 0.717) is 5.56 Å². The van der Waals surface area contributed by atoms with Crippen LogP contribution >= 0.6 is 23.5 Å². The van der Waals surface area contributed by atoms with Crippen LogP contribution in [-0.4, -0.2) is 64.3 Å². The van der Waals surface area contributed by atoms with Gasteiger partial charge in [-0.3, -0.25) is 9.09 Å². The standard InChI is InChI=1S/C10H18N3O14P3/c1-4-2-13(10(16)12-8(4)11)9-7(15)6(14)5(25-9)3-24-29(20,21)27-30(22,23)26-28(17,18)19/h2,5-7,9,14-15H,3H2,1H3,(H,20,21)(H,22,23)(H2,11,12,16)(H2,17,18,19)/t5-,6-,7-,9-/m1/s1. The average Bonchev–Trinajstić information content (AvgIpc) is 2.81. The molecule has 172 valence electrons. The first-order valence-corrected chi connectivity index (χ1v) is 12.2. The third-order valence-corrected chi connectivity index (χ3v) is 7.41. The first-order chi connectivity index (χ1) is 13.5. The van der Waals surface area contributed by atoms with Crippen LogP contribution in [0.15, 0.2) is 11.0 Å². The molecule has 6 atom stereocenters. The minimum Gasteiger partial charge on any atom is -0.387 e. The van der Waals surface area contributed by atoms with Crippen LogP contribution < -0.4 is 11.4 Å². The fourth-order valence-corrected chi connectivity index (χ4v) is 5.36. The van der Waals surface area contributed by atoms with Crippen molar-refractivity contribution in [3.05, 3.63) is 22.2 Å². The maximum atomic E-state index is 12.0. The number of ether oxygens (including phenoxy) is 1. The predicted molar refractivity (Wildman–Crippen MR) is 93.4 cm³/mol. The molecule has 0 aliphatic carbocycles. The molecule has 20 heteroatoms. The number of aromatic nitrogens is 2. The quantitative estimate of drug-likeness (QED) is 0.193. The van der Waals surface area contributed by atoms with Crippen molar-refractivity contribution in [1.29, 1.82) is 0 Å². The molecule has 0 bridgehead atoms. The second-order valence-corrected chi connectivity index (χ2v) is 10.4. The van der Waals surface area contributed by atoms with Crippen molar-refractivity contribution in [3.8, 4) is 0 Å². The van der Waals surface area contributed by atoms with Gasteiger partial charge in [-0.15, -0.1) is 0 Å². The van der Waals surface area contributed by atoms with Crippen molar-refractivity contribution in [2.24, 2.45) is 0 Å². The molecule has 2 heterocycles. The highest BCUT2D eigenvalue weighted by Gasteiger charge is 2.46. The summed E-state index contributed by atoms with van der Waals surface area (Å²) < 4.78 is 51.0. The molecule has 17 nitrogen and oxygen atoms in total. The molecule has 1 aromatic rings. The van der Waals surface area contributed by atoms with Crippen LogP contribution in [0.5, 0.6) is 0 Å². The molecule has 1 aliphatic rings. The van der Waals surface area contributed by atoms with Crippen molar-refractivity contribution < 1.29 is 61.4 Å². The van der Waals surface area contributed by atoms with Crippen molar-refractivity contribution >= 4 is 29.3 Å². The Hall–Kier alpha value is -1.03. The van der Waals surface area contributed by atoms with Gasteiger partial charge in [-0.25, -0.2) is 18.5 Å². The van der Waals surface area contributed by atoms with Crippen molar-refractivity contribution in [3.63, 3.8) is 0 Å². The van der Waals surface area contributed by atoms with E-state index in [4.69, 9.17) is 25.2 Å². The highest BCUT2D eigenvalue weighted by Crippen LogP contribution is 2.66. The topological polar surface area (TPSA) is 270 Å². The molecule has 0 spiro atoms. The van der Waals surface area contributed by atoms with Gasteiger partial charge in [0.1, 0.15) is 24.1 Å². The molecule has 0 saturated carbocycles. The summed E-state index contributed by atoms with van der Waals surface area (Å²) in [4.78, 5) is 50.9. The third kappa shape index (κ3) is 6.48. The summed E-state index contributed by atoms with van der Waals surface area (Å²) in [5, 5.41) is 20.1. The van der Waals surface area contributed by atoms with Gasteiger partial charge >= 0.3 is 29.2 Å². The van der Waals surface area contributed by atoms with Crippen LogP contribution in [0.2, 0.25) is 0 Å². The summed E-state index contributed by atoms with van der Waals surface area (Å²) in [7, 11) is -16.7. The minimum atomic E-state index is -5.72. The maximum absolute atomic E-state index is 12.0. The van der Waals surface area contributed by atoms with Gasteiger partial charge in [0.15, 0.2) is 6.23 Å². The SMILES string of the molecule is Cc1cn([C@@H]2O[C@H](COP(=O)(O)OP(=O)(O)OP(=O)(O)O)[C@@H](O)[C@H]2O)c(=O)nc1N. The Labute approximate surface area is 167 Å². The number of phosphoric acid groups is 3. The molecule has 2 unspecified atom stereocenters. The second-order valence-electron chi connectivity index (χ2n) is 5.93. The number of hydrogen-bond donors (Lipinski definition) is 7. The van der Waals surface area contributed by atoms with Gasteiger partial charge in [-0.1, -0.05) is 0 Å². The first kappa shape index (κ1) is 25.2. The van der Waals surface area contributed by atoms with Gasteiger partial charge < -0.3 is 40.3 Å². The summed E-state index contributed by atoms with van der Waals surface area (Å²) in [6, 6.07) is 0. The van der Waals surface area contributed by atoms with E-state index in [1.54, 1.807) is 0 Å². The minimum absolute atomic E-state index is 0.0755. The molecule has 1 fully saturated rings. The van der Waals surface area contributed by atoms with E-state index in [1.807, 2.05) is 0 Å². The van der Waals surface area contributed by atoms with E-state index in [-0.39, 0.29) is 5.82 Å². The molecular weight excluding hydrogens is 479 g/mol. The molecular formula is C10H18N3O14P3. The number of nitrogens with zero attached hydrogens (tertiary/aromatic N) is 2.